The molecule has 0 aliphatic heterocycles. The van der Waals surface area contributed by atoms with Crippen LogP contribution >= 0.6 is 23.2 Å². The van der Waals surface area contributed by atoms with Gasteiger partial charge in [-0.15, -0.1) is 0 Å². The molecule has 0 aliphatic carbocycles. The first-order chi connectivity index (χ1) is 15.3. The van der Waals surface area contributed by atoms with Crippen molar-refractivity contribution in [3.05, 3.63) is 88.4 Å². The summed E-state index contributed by atoms with van der Waals surface area (Å²) in [5.41, 5.74) is 1.16. The number of halogens is 2. The summed E-state index contributed by atoms with van der Waals surface area (Å²) < 4.78 is 33.9. The Kier molecular flexibility index (Phi) is 8.15. The maximum atomic E-state index is 13.0. The van der Waals surface area contributed by atoms with Crippen LogP contribution in [0.15, 0.2) is 77.7 Å². The number of hydrogen-bond acceptors (Lipinski definition) is 4. The molecule has 2 N–H and O–H groups in total. The lowest BCUT2D eigenvalue weighted by Gasteiger charge is -2.19. The smallest absolute Gasteiger partial charge is 0.242 e. The van der Waals surface area contributed by atoms with Crippen LogP contribution in [-0.2, 0) is 21.2 Å². The summed E-state index contributed by atoms with van der Waals surface area (Å²) in [4.78, 5) is 13.1. The zero-order valence-corrected chi connectivity index (χ0v) is 19.5. The first-order valence-corrected chi connectivity index (χ1v) is 12.1. The zero-order valence-electron chi connectivity index (χ0n) is 17.2. The Bertz CT molecular complexity index is 1150. The molecule has 0 aromatic heterocycles. The quantitative estimate of drug-likeness (QED) is 0.443. The normalized spacial score (nSPS) is 12.2. The van der Waals surface area contributed by atoms with Crippen LogP contribution in [0.3, 0.4) is 0 Å². The van der Waals surface area contributed by atoms with Gasteiger partial charge in [0.15, 0.2) is 0 Å². The molecule has 1 atom stereocenters. The molecule has 3 aromatic rings. The Morgan fingerprint density at radius 3 is 2.19 bits per heavy atom. The van der Waals surface area contributed by atoms with Gasteiger partial charge in [-0.3, -0.25) is 4.79 Å². The number of carbonyl (C=O) groups excluding carboxylic acids is 1. The standard InChI is InChI=1S/C23H22Cl2N2O4S/c1-2-31-20-8-10-21(11-9-20)32(29,30)27-22(12-16-6-4-3-5-7-16)23(28)26-19-14-17(24)13-18(25)15-19/h3-11,13-15,22,27H,2,12H2,1H3,(H,26,28). The molecular weight excluding hydrogens is 471 g/mol. The van der Waals surface area contributed by atoms with Crippen molar-refractivity contribution >= 4 is 44.8 Å². The van der Waals surface area contributed by atoms with E-state index >= 15 is 0 Å². The van der Waals surface area contributed by atoms with E-state index < -0.39 is 22.0 Å². The Hall–Kier alpha value is -2.58. The number of benzene rings is 3. The number of anilines is 1. The fraction of sp³-hybridized carbons (Fsp3) is 0.174. The predicted octanol–water partition coefficient (Wildman–Crippen LogP) is 4.92. The second-order valence-corrected chi connectivity index (χ2v) is 9.50. The highest BCUT2D eigenvalue weighted by atomic mass is 35.5. The van der Waals surface area contributed by atoms with E-state index in [4.69, 9.17) is 27.9 Å². The van der Waals surface area contributed by atoms with Gasteiger partial charge in [0.1, 0.15) is 11.8 Å². The molecule has 0 aliphatic rings. The number of nitrogens with one attached hydrogen (secondary N) is 2. The number of hydrogen-bond donors (Lipinski definition) is 2. The molecule has 0 saturated carbocycles. The minimum absolute atomic E-state index is 0.0256. The summed E-state index contributed by atoms with van der Waals surface area (Å²) in [6, 6.07) is 18.7. The third-order valence-corrected chi connectivity index (χ3v) is 6.40. The fourth-order valence-electron chi connectivity index (χ4n) is 3.03. The summed E-state index contributed by atoms with van der Waals surface area (Å²) in [6.07, 6.45) is 0.150. The van der Waals surface area contributed by atoms with Gasteiger partial charge in [0.25, 0.3) is 0 Å². The van der Waals surface area contributed by atoms with Crippen LogP contribution in [0.4, 0.5) is 5.69 Å². The molecule has 0 spiro atoms. The van der Waals surface area contributed by atoms with E-state index in [1.807, 2.05) is 37.3 Å². The molecule has 9 heteroatoms. The second kappa shape index (κ2) is 10.8. The van der Waals surface area contributed by atoms with Gasteiger partial charge >= 0.3 is 0 Å². The molecule has 168 valence electrons. The van der Waals surface area contributed by atoms with Gasteiger partial charge in [-0.05, 0) is 61.4 Å². The van der Waals surface area contributed by atoms with Crippen molar-refractivity contribution in [1.29, 1.82) is 0 Å². The van der Waals surface area contributed by atoms with E-state index in [1.165, 1.54) is 30.3 Å². The fourth-order valence-corrected chi connectivity index (χ4v) is 4.75. The zero-order chi connectivity index (χ0) is 23.1. The molecule has 0 heterocycles. The van der Waals surface area contributed by atoms with Crippen molar-refractivity contribution in [2.24, 2.45) is 0 Å². The highest BCUT2D eigenvalue weighted by molar-refractivity contribution is 7.89. The molecule has 1 amide bonds. The lowest BCUT2D eigenvalue weighted by Crippen LogP contribution is -2.45. The van der Waals surface area contributed by atoms with Gasteiger partial charge in [0, 0.05) is 15.7 Å². The minimum Gasteiger partial charge on any atom is -0.494 e. The number of carbonyl (C=O) groups is 1. The third-order valence-electron chi connectivity index (χ3n) is 4.47. The van der Waals surface area contributed by atoms with Crippen molar-refractivity contribution in [3.8, 4) is 5.75 Å². The van der Waals surface area contributed by atoms with Gasteiger partial charge in [0.05, 0.1) is 11.5 Å². The van der Waals surface area contributed by atoms with Crippen LogP contribution < -0.4 is 14.8 Å². The topological polar surface area (TPSA) is 84.5 Å². The second-order valence-electron chi connectivity index (χ2n) is 6.92. The molecule has 6 nitrogen and oxygen atoms in total. The summed E-state index contributed by atoms with van der Waals surface area (Å²) in [6.45, 7) is 2.31. The highest BCUT2D eigenvalue weighted by Crippen LogP contribution is 2.23. The maximum absolute atomic E-state index is 13.0. The SMILES string of the molecule is CCOc1ccc(S(=O)(=O)NC(Cc2ccccc2)C(=O)Nc2cc(Cl)cc(Cl)c2)cc1. The molecule has 3 rings (SSSR count). The Morgan fingerprint density at radius 1 is 0.969 bits per heavy atom. The van der Waals surface area contributed by atoms with Crippen molar-refractivity contribution in [1.82, 2.24) is 4.72 Å². The van der Waals surface area contributed by atoms with E-state index in [1.54, 1.807) is 12.1 Å². The first-order valence-electron chi connectivity index (χ1n) is 9.83. The number of ether oxygens (including phenoxy) is 1. The molecule has 0 fully saturated rings. The van der Waals surface area contributed by atoms with E-state index in [0.29, 0.717) is 28.1 Å². The van der Waals surface area contributed by atoms with Gasteiger partial charge < -0.3 is 10.1 Å². The Balaban J connectivity index is 1.85. The third kappa shape index (κ3) is 6.71. The largest absolute Gasteiger partial charge is 0.494 e. The Morgan fingerprint density at radius 2 is 1.59 bits per heavy atom. The predicted molar refractivity (Wildman–Crippen MR) is 127 cm³/mol. The van der Waals surface area contributed by atoms with E-state index in [9.17, 15) is 13.2 Å². The highest BCUT2D eigenvalue weighted by Gasteiger charge is 2.26. The molecule has 0 radical (unpaired) electrons. The van der Waals surface area contributed by atoms with Gasteiger partial charge in [-0.1, -0.05) is 53.5 Å². The van der Waals surface area contributed by atoms with Crippen LogP contribution in [0, 0.1) is 0 Å². The van der Waals surface area contributed by atoms with Crippen LogP contribution in [0.2, 0.25) is 10.0 Å². The lowest BCUT2D eigenvalue weighted by molar-refractivity contribution is -0.117. The number of rotatable bonds is 9. The lowest BCUT2D eigenvalue weighted by atomic mass is 10.1. The Labute approximate surface area is 197 Å². The monoisotopic (exact) mass is 492 g/mol. The molecule has 1 unspecified atom stereocenters. The van der Waals surface area contributed by atoms with Crippen LogP contribution in [0.1, 0.15) is 12.5 Å². The van der Waals surface area contributed by atoms with Gasteiger partial charge in [-0.25, -0.2) is 8.42 Å². The summed E-state index contributed by atoms with van der Waals surface area (Å²) in [5, 5.41) is 3.39. The average molecular weight is 493 g/mol. The minimum atomic E-state index is -3.98. The van der Waals surface area contributed by atoms with Crippen molar-refractivity contribution in [2.45, 2.75) is 24.3 Å². The van der Waals surface area contributed by atoms with Crippen molar-refractivity contribution < 1.29 is 17.9 Å². The van der Waals surface area contributed by atoms with E-state index in [2.05, 4.69) is 10.0 Å². The molecule has 0 saturated heterocycles. The molecule has 32 heavy (non-hydrogen) atoms. The van der Waals surface area contributed by atoms with Crippen LogP contribution in [-0.4, -0.2) is 27.0 Å². The van der Waals surface area contributed by atoms with Crippen LogP contribution in [0.25, 0.3) is 0 Å². The molecule has 3 aromatic carbocycles. The maximum Gasteiger partial charge on any atom is 0.242 e. The number of amides is 1. The van der Waals surface area contributed by atoms with Crippen LogP contribution in [0.5, 0.6) is 5.75 Å². The van der Waals surface area contributed by atoms with E-state index in [-0.39, 0.29) is 11.3 Å². The molecular formula is C23H22Cl2N2O4S. The van der Waals surface area contributed by atoms with Crippen molar-refractivity contribution in [3.63, 3.8) is 0 Å². The van der Waals surface area contributed by atoms with E-state index in [0.717, 1.165) is 5.56 Å². The van der Waals surface area contributed by atoms with Gasteiger partial charge in [0.2, 0.25) is 15.9 Å². The summed E-state index contributed by atoms with van der Waals surface area (Å²) in [7, 11) is -3.98. The molecule has 0 bridgehead atoms. The van der Waals surface area contributed by atoms with Crippen molar-refractivity contribution in [2.75, 3.05) is 11.9 Å². The average Bonchev–Trinajstić information content (AvgIpc) is 2.74. The summed E-state index contributed by atoms with van der Waals surface area (Å²) >= 11 is 12.0. The first kappa shape index (κ1) is 24.1. The summed E-state index contributed by atoms with van der Waals surface area (Å²) in [5.74, 6) is 0.0181. The van der Waals surface area contributed by atoms with Gasteiger partial charge in [-0.2, -0.15) is 4.72 Å². The number of sulfonamides is 1.